The molecule has 0 amide bonds. The summed E-state index contributed by atoms with van der Waals surface area (Å²) < 4.78 is 20.9. The Balaban J connectivity index is 2.53. The van der Waals surface area contributed by atoms with E-state index in [4.69, 9.17) is 30.5 Å². The minimum Gasteiger partial charge on any atom is -0.468 e. The van der Waals surface area contributed by atoms with Gasteiger partial charge in [-0.3, -0.25) is 0 Å². The molecule has 126 valence electrons. The van der Waals surface area contributed by atoms with E-state index in [0.717, 1.165) is 0 Å². The Bertz CT molecular complexity index is 754. The van der Waals surface area contributed by atoms with Gasteiger partial charge in [0.05, 0.1) is 21.3 Å². The van der Waals surface area contributed by atoms with Crippen LogP contribution in [0.25, 0.3) is 5.57 Å². The van der Waals surface area contributed by atoms with Crippen molar-refractivity contribution in [3.8, 4) is 11.5 Å². The van der Waals surface area contributed by atoms with Crippen molar-refractivity contribution < 1.29 is 23.7 Å². The van der Waals surface area contributed by atoms with Crippen LogP contribution >= 0.6 is 11.6 Å². The number of benzene rings is 1. The minimum atomic E-state index is -0.613. The van der Waals surface area contributed by atoms with Crippen LogP contribution in [0.4, 0.5) is 0 Å². The molecule has 0 aliphatic heterocycles. The second kappa shape index (κ2) is 8.21. The van der Waals surface area contributed by atoms with Gasteiger partial charge in [0.25, 0.3) is 5.95 Å². The summed E-state index contributed by atoms with van der Waals surface area (Å²) in [5, 5.41) is 0.295. The first kappa shape index (κ1) is 17.6. The van der Waals surface area contributed by atoms with Crippen LogP contribution in [0.1, 0.15) is 5.56 Å². The van der Waals surface area contributed by atoms with Gasteiger partial charge in [-0.2, -0.15) is 0 Å². The highest BCUT2D eigenvalue weighted by atomic mass is 35.5. The van der Waals surface area contributed by atoms with E-state index in [9.17, 15) is 4.79 Å². The molecule has 1 aromatic heterocycles. The van der Waals surface area contributed by atoms with Gasteiger partial charge in [-0.25, -0.2) is 9.78 Å². The molecule has 2 aromatic rings. The van der Waals surface area contributed by atoms with Gasteiger partial charge in [-0.15, -0.1) is 0 Å². The number of carbonyl (C=O) groups is 1. The van der Waals surface area contributed by atoms with Gasteiger partial charge in [0.2, 0.25) is 0 Å². The van der Waals surface area contributed by atoms with E-state index in [1.807, 2.05) is 0 Å². The fourth-order valence-corrected chi connectivity index (χ4v) is 2.19. The lowest BCUT2D eigenvalue weighted by Gasteiger charge is -2.15. The Kier molecular flexibility index (Phi) is 6.03. The van der Waals surface area contributed by atoms with E-state index in [1.165, 1.54) is 27.5 Å². The third kappa shape index (κ3) is 3.97. The number of halogens is 1. The topological polar surface area (TPSA) is 66.9 Å². The summed E-state index contributed by atoms with van der Waals surface area (Å²) >= 11 is 5.87. The number of hydrogen-bond acceptors (Lipinski definition) is 6. The van der Waals surface area contributed by atoms with Crippen molar-refractivity contribution in [3.05, 3.63) is 59.3 Å². The molecule has 7 heteroatoms. The average molecular weight is 350 g/mol. The maximum absolute atomic E-state index is 12.2. The normalized spacial score (nSPS) is 9.83. The van der Waals surface area contributed by atoms with Gasteiger partial charge < -0.3 is 18.9 Å². The lowest BCUT2D eigenvalue weighted by atomic mass is 10.1. The molecule has 0 spiro atoms. The second-order valence-electron chi connectivity index (χ2n) is 4.47. The van der Waals surface area contributed by atoms with Gasteiger partial charge in [-0.1, -0.05) is 29.8 Å². The standard InChI is InChI=1S/C17H16ClNO5/c1-21-16(20)15(17(22-2)23-3)12-6-4-5-7-13(12)24-11-8-9-19-14(18)10-11/h4-10H,1-3H3. The summed E-state index contributed by atoms with van der Waals surface area (Å²) in [7, 11) is 4.07. The quantitative estimate of drug-likeness (QED) is 0.343. The van der Waals surface area contributed by atoms with Crippen molar-refractivity contribution >= 4 is 23.1 Å². The molecule has 0 N–H and O–H groups in total. The Morgan fingerprint density at radius 3 is 2.38 bits per heavy atom. The number of pyridine rings is 1. The summed E-state index contributed by atoms with van der Waals surface area (Å²) in [6, 6.07) is 10.1. The van der Waals surface area contributed by atoms with Gasteiger partial charge in [0.1, 0.15) is 16.7 Å². The van der Waals surface area contributed by atoms with Crippen molar-refractivity contribution in [2.45, 2.75) is 0 Å². The van der Waals surface area contributed by atoms with Gasteiger partial charge >= 0.3 is 5.97 Å². The maximum Gasteiger partial charge on any atom is 0.345 e. The SMILES string of the molecule is COC(=O)C(=C(OC)OC)c1ccccc1Oc1ccnc(Cl)c1. The van der Waals surface area contributed by atoms with Crippen molar-refractivity contribution in [3.63, 3.8) is 0 Å². The molecule has 0 atom stereocenters. The Hall–Kier alpha value is -2.73. The van der Waals surface area contributed by atoms with Crippen molar-refractivity contribution in [1.29, 1.82) is 0 Å². The molecule has 0 radical (unpaired) electrons. The number of hydrogen-bond donors (Lipinski definition) is 0. The Morgan fingerprint density at radius 1 is 1.04 bits per heavy atom. The summed E-state index contributed by atoms with van der Waals surface area (Å²) in [6.07, 6.45) is 1.52. The van der Waals surface area contributed by atoms with Crippen LogP contribution < -0.4 is 4.74 Å². The van der Waals surface area contributed by atoms with Gasteiger partial charge in [0.15, 0.2) is 5.57 Å². The first-order valence-electron chi connectivity index (χ1n) is 6.90. The van der Waals surface area contributed by atoms with Crippen LogP contribution in [0.5, 0.6) is 11.5 Å². The summed E-state index contributed by atoms with van der Waals surface area (Å²) in [6.45, 7) is 0. The van der Waals surface area contributed by atoms with E-state index < -0.39 is 5.97 Å². The number of nitrogens with zero attached hydrogens (tertiary/aromatic N) is 1. The molecule has 0 aliphatic rings. The summed E-state index contributed by atoms with van der Waals surface area (Å²) in [4.78, 5) is 16.1. The third-order valence-corrected chi connectivity index (χ3v) is 3.25. The molecule has 0 saturated carbocycles. The smallest absolute Gasteiger partial charge is 0.345 e. The largest absolute Gasteiger partial charge is 0.468 e. The van der Waals surface area contributed by atoms with Crippen LogP contribution in [-0.2, 0) is 19.0 Å². The van der Waals surface area contributed by atoms with Gasteiger partial charge in [0, 0.05) is 17.8 Å². The van der Waals surface area contributed by atoms with Crippen LogP contribution in [0.3, 0.4) is 0 Å². The highest BCUT2D eigenvalue weighted by Gasteiger charge is 2.24. The fourth-order valence-electron chi connectivity index (χ4n) is 2.03. The summed E-state index contributed by atoms with van der Waals surface area (Å²) in [5.74, 6) is 0.290. The van der Waals surface area contributed by atoms with Crippen LogP contribution in [0, 0.1) is 0 Å². The predicted molar refractivity (Wildman–Crippen MR) is 88.7 cm³/mol. The minimum absolute atomic E-state index is 0.0191. The molecular weight excluding hydrogens is 334 g/mol. The van der Waals surface area contributed by atoms with Crippen LogP contribution in [-0.4, -0.2) is 32.3 Å². The third-order valence-electron chi connectivity index (χ3n) is 3.05. The van der Waals surface area contributed by atoms with Crippen molar-refractivity contribution in [2.24, 2.45) is 0 Å². The lowest BCUT2D eigenvalue weighted by molar-refractivity contribution is -0.134. The van der Waals surface area contributed by atoms with E-state index in [0.29, 0.717) is 22.2 Å². The summed E-state index contributed by atoms with van der Waals surface area (Å²) in [5.41, 5.74) is 0.564. The first-order chi connectivity index (χ1) is 11.6. The first-order valence-corrected chi connectivity index (χ1v) is 7.27. The van der Waals surface area contributed by atoms with Gasteiger partial charge in [-0.05, 0) is 12.1 Å². The molecular formula is C17H16ClNO5. The molecule has 2 rings (SSSR count). The molecule has 1 aromatic carbocycles. The highest BCUT2D eigenvalue weighted by molar-refractivity contribution is 6.29. The molecule has 0 unspecified atom stereocenters. The molecule has 1 heterocycles. The number of carbonyl (C=O) groups excluding carboxylic acids is 1. The average Bonchev–Trinajstić information content (AvgIpc) is 2.60. The van der Waals surface area contributed by atoms with E-state index >= 15 is 0 Å². The number of ether oxygens (including phenoxy) is 4. The Morgan fingerprint density at radius 2 is 1.75 bits per heavy atom. The second-order valence-corrected chi connectivity index (χ2v) is 4.86. The number of rotatable bonds is 6. The predicted octanol–water partition coefficient (Wildman–Crippen LogP) is 3.66. The molecule has 0 aliphatic carbocycles. The maximum atomic E-state index is 12.2. The fraction of sp³-hybridized carbons (Fsp3) is 0.176. The van der Waals surface area contributed by atoms with Crippen LogP contribution in [0.15, 0.2) is 48.5 Å². The zero-order valence-corrected chi connectivity index (χ0v) is 14.2. The van der Waals surface area contributed by atoms with E-state index in [-0.39, 0.29) is 11.5 Å². The molecule has 0 saturated heterocycles. The zero-order valence-electron chi connectivity index (χ0n) is 13.4. The van der Waals surface area contributed by atoms with E-state index in [2.05, 4.69) is 4.98 Å². The zero-order chi connectivity index (χ0) is 17.5. The highest BCUT2D eigenvalue weighted by Crippen LogP contribution is 2.33. The number of para-hydroxylation sites is 1. The monoisotopic (exact) mass is 349 g/mol. The Labute approximate surface area is 144 Å². The molecule has 24 heavy (non-hydrogen) atoms. The number of esters is 1. The van der Waals surface area contributed by atoms with Crippen molar-refractivity contribution in [1.82, 2.24) is 4.98 Å². The lowest BCUT2D eigenvalue weighted by Crippen LogP contribution is -2.10. The number of aromatic nitrogens is 1. The van der Waals surface area contributed by atoms with Crippen molar-refractivity contribution in [2.75, 3.05) is 21.3 Å². The van der Waals surface area contributed by atoms with Crippen LogP contribution in [0.2, 0.25) is 5.15 Å². The molecule has 0 fully saturated rings. The molecule has 6 nitrogen and oxygen atoms in total. The van der Waals surface area contributed by atoms with E-state index in [1.54, 1.807) is 36.4 Å². The molecule has 0 bridgehead atoms. The number of methoxy groups -OCH3 is 3.